The number of rotatable bonds is 3. The minimum absolute atomic E-state index is 0.0490. The second-order valence-electron chi connectivity index (χ2n) is 7.26. The summed E-state index contributed by atoms with van der Waals surface area (Å²) in [6.07, 6.45) is 3.23. The highest BCUT2D eigenvalue weighted by Crippen LogP contribution is 2.41. The van der Waals surface area contributed by atoms with Gasteiger partial charge in [0.05, 0.1) is 12.6 Å². The second-order valence-corrected chi connectivity index (χ2v) is 8.18. The van der Waals surface area contributed by atoms with E-state index in [9.17, 15) is 0 Å². The molecule has 3 aromatic rings. The summed E-state index contributed by atoms with van der Waals surface area (Å²) < 4.78 is 15.5. The molecule has 140 valence electrons. The fourth-order valence-corrected chi connectivity index (χ4v) is 4.93. The summed E-state index contributed by atoms with van der Waals surface area (Å²) >= 11 is 3.50. The van der Waals surface area contributed by atoms with Gasteiger partial charge in [-0.25, -0.2) is 0 Å². The van der Waals surface area contributed by atoms with Crippen LogP contribution < -0.4 is 14.8 Å². The van der Waals surface area contributed by atoms with Gasteiger partial charge in [0.1, 0.15) is 6.10 Å². The lowest BCUT2D eigenvalue weighted by molar-refractivity contribution is 0.176. The van der Waals surface area contributed by atoms with Crippen LogP contribution in [0.4, 0.5) is 0 Å². The predicted octanol–water partition coefficient (Wildman–Crippen LogP) is 4.62. The summed E-state index contributed by atoms with van der Waals surface area (Å²) in [4.78, 5) is 0. The zero-order valence-corrected chi connectivity index (χ0v) is 17.0. The van der Waals surface area contributed by atoms with Crippen LogP contribution in [-0.4, -0.2) is 24.8 Å². The summed E-state index contributed by atoms with van der Waals surface area (Å²) in [5.41, 5.74) is 5.71. The van der Waals surface area contributed by atoms with Crippen molar-refractivity contribution in [2.45, 2.75) is 31.9 Å². The van der Waals surface area contributed by atoms with Gasteiger partial charge in [-0.15, -0.1) is 0 Å². The van der Waals surface area contributed by atoms with Crippen molar-refractivity contribution in [2.24, 2.45) is 0 Å². The van der Waals surface area contributed by atoms with Crippen molar-refractivity contribution in [1.82, 2.24) is 9.88 Å². The van der Waals surface area contributed by atoms with Crippen molar-refractivity contribution in [3.05, 3.63) is 57.7 Å². The van der Waals surface area contributed by atoms with E-state index in [0.717, 1.165) is 54.9 Å². The Labute approximate surface area is 167 Å². The Kier molecular flexibility index (Phi) is 4.37. The number of nitrogens with zero attached hydrogens (tertiary/aromatic N) is 1. The van der Waals surface area contributed by atoms with Crippen LogP contribution in [0.25, 0.3) is 10.9 Å². The Bertz CT molecular complexity index is 1010. The van der Waals surface area contributed by atoms with E-state index in [2.05, 4.69) is 44.0 Å². The maximum Gasteiger partial charge on any atom is 0.162 e. The van der Waals surface area contributed by atoms with Crippen molar-refractivity contribution in [3.8, 4) is 11.5 Å². The van der Waals surface area contributed by atoms with Crippen molar-refractivity contribution in [2.75, 3.05) is 20.2 Å². The first-order chi connectivity index (χ1) is 13.3. The van der Waals surface area contributed by atoms with Crippen molar-refractivity contribution in [3.63, 3.8) is 0 Å². The molecule has 0 radical (unpaired) electrons. The van der Waals surface area contributed by atoms with Crippen LogP contribution in [0.5, 0.6) is 11.5 Å². The number of aryl methyl sites for hydroxylation is 1. The van der Waals surface area contributed by atoms with E-state index in [4.69, 9.17) is 9.47 Å². The highest BCUT2D eigenvalue weighted by molar-refractivity contribution is 9.10. The number of halogens is 1. The van der Waals surface area contributed by atoms with Gasteiger partial charge < -0.3 is 19.4 Å². The first-order valence-electron chi connectivity index (χ1n) is 9.60. The van der Waals surface area contributed by atoms with Gasteiger partial charge in [0, 0.05) is 47.0 Å². The van der Waals surface area contributed by atoms with Crippen LogP contribution >= 0.6 is 15.9 Å². The van der Waals surface area contributed by atoms with Gasteiger partial charge in [-0.05, 0) is 36.7 Å². The third-order valence-electron chi connectivity index (χ3n) is 5.78. The second kappa shape index (κ2) is 6.88. The summed E-state index contributed by atoms with van der Waals surface area (Å²) in [6.45, 7) is 3.13. The molecule has 0 fully saturated rings. The van der Waals surface area contributed by atoms with Gasteiger partial charge in [0.15, 0.2) is 11.5 Å². The zero-order valence-electron chi connectivity index (χ0n) is 15.4. The van der Waals surface area contributed by atoms with Crippen molar-refractivity contribution < 1.29 is 9.47 Å². The molecule has 2 aliphatic rings. The molecule has 0 saturated heterocycles. The molecular weight excluding hydrogens is 404 g/mol. The molecule has 5 rings (SSSR count). The van der Waals surface area contributed by atoms with Gasteiger partial charge in [0.2, 0.25) is 0 Å². The fourth-order valence-electron chi connectivity index (χ4n) is 4.59. The molecule has 2 aromatic carbocycles. The quantitative estimate of drug-likeness (QED) is 0.663. The largest absolute Gasteiger partial charge is 0.493 e. The number of fused-ring (bicyclic) bond motifs is 3. The van der Waals surface area contributed by atoms with Gasteiger partial charge >= 0.3 is 0 Å². The Morgan fingerprint density at radius 1 is 1.11 bits per heavy atom. The molecule has 0 aliphatic carbocycles. The number of para-hydroxylation sites is 1. The number of hydrogen-bond acceptors (Lipinski definition) is 3. The SMILES string of the molecule is COc1cc(Br)ccc1OC1CCn2c3c(c4cccc1c42)CCNCC3. The Balaban J connectivity index is 1.59. The molecule has 0 saturated carbocycles. The Hall–Kier alpha value is -1.98. The van der Waals surface area contributed by atoms with Crippen LogP contribution in [-0.2, 0) is 19.4 Å². The predicted molar refractivity (Wildman–Crippen MR) is 111 cm³/mol. The lowest BCUT2D eigenvalue weighted by Gasteiger charge is -2.27. The van der Waals surface area contributed by atoms with Crippen LogP contribution in [0.2, 0.25) is 0 Å². The van der Waals surface area contributed by atoms with E-state index in [1.165, 1.54) is 27.7 Å². The molecule has 1 N–H and O–H groups in total. The van der Waals surface area contributed by atoms with E-state index >= 15 is 0 Å². The highest BCUT2D eigenvalue weighted by atomic mass is 79.9. The van der Waals surface area contributed by atoms with Crippen LogP contribution in [0, 0.1) is 0 Å². The lowest BCUT2D eigenvalue weighted by atomic mass is 9.99. The van der Waals surface area contributed by atoms with Crippen LogP contribution in [0.1, 0.15) is 29.3 Å². The topological polar surface area (TPSA) is 35.4 Å². The number of benzene rings is 2. The molecule has 5 heteroatoms. The first-order valence-corrected chi connectivity index (χ1v) is 10.4. The monoisotopic (exact) mass is 426 g/mol. The minimum Gasteiger partial charge on any atom is -0.493 e. The number of nitrogens with one attached hydrogen (secondary N) is 1. The van der Waals surface area contributed by atoms with E-state index in [-0.39, 0.29) is 6.10 Å². The van der Waals surface area contributed by atoms with Crippen molar-refractivity contribution in [1.29, 1.82) is 0 Å². The number of hydrogen-bond donors (Lipinski definition) is 1. The number of ether oxygens (including phenoxy) is 2. The molecule has 0 spiro atoms. The zero-order chi connectivity index (χ0) is 18.4. The average Bonchev–Trinajstić information content (AvgIpc) is 2.84. The molecule has 0 bridgehead atoms. The van der Waals surface area contributed by atoms with Crippen molar-refractivity contribution >= 4 is 26.8 Å². The maximum absolute atomic E-state index is 6.46. The summed E-state index contributed by atoms with van der Waals surface area (Å²) in [5.74, 6) is 1.56. The number of methoxy groups -OCH3 is 1. The van der Waals surface area contributed by atoms with Crippen LogP contribution in [0.15, 0.2) is 40.9 Å². The molecule has 1 aromatic heterocycles. The fraction of sp³-hybridized carbons (Fsp3) is 0.364. The summed E-state index contributed by atoms with van der Waals surface area (Å²) in [6, 6.07) is 12.6. The van der Waals surface area contributed by atoms with E-state index < -0.39 is 0 Å². The molecule has 3 heterocycles. The van der Waals surface area contributed by atoms with E-state index in [1.807, 2.05) is 18.2 Å². The Morgan fingerprint density at radius 3 is 2.89 bits per heavy atom. The summed E-state index contributed by atoms with van der Waals surface area (Å²) in [5, 5.41) is 4.94. The van der Waals surface area contributed by atoms with Crippen LogP contribution in [0.3, 0.4) is 0 Å². The molecule has 1 atom stereocenters. The molecule has 1 unspecified atom stereocenters. The van der Waals surface area contributed by atoms with Gasteiger partial charge in [-0.2, -0.15) is 0 Å². The van der Waals surface area contributed by atoms with E-state index in [0.29, 0.717) is 0 Å². The highest BCUT2D eigenvalue weighted by Gasteiger charge is 2.29. The standard InChI is InChI=1S/C22H23BrN2O2/c1-26-21-13-14(23)5-6-20(21)27-19-9-12-25-18-8-11-24-10-7-15(18)16-3-2-4-17(19)22(16)25/h2-6,13,19,24H,7-12H2,1H3. The first kappa shape index (κ1) is 17.1. The van der Waals surface area contributed by atoms with Gasteiger partial charge in [0.25, 0.3) is 0 Å². The average molecular weight is 427 g/mol. The maximum atomic E-state index is 6.46. The normalized spacial score (nSPS) is 18.8. The molecule has 27 heavy (non-hydrogen) atoms. The molecular formula is C22H23BrN2O2. The third kappa shape index (κ3) is 2.84. The van der Waals surface area contributed by atoms with Gasteiger partial charge in [-0.1, -0.05) is 34.1 Å². The molecule has 2 aliphatic heterocycles. The molecule has 4 nitrogen and oxygen atoms in total. The molecule has 0 amide bonds. The van der Waals surface area contributed by atoms with Gasteiger partial charge in [-0.3, -0.25) is 0 Å². The number of aromatic nitrogens is 1. The summed E-state index contributed by atoms with van der Waals surface area (Å²) in [7, 11) is 1.69. The Morgan fingerprint density at radius 2 is 2.00 bits per heavy atom. The smallest absolute Gasteiger partial charge is 0.162 e. The lowest BCUT2D eigenvalue weighted by Crippen LogP contribution is -2.21. The third-order valence-corrected chi connectivity index (χ3v) is 6.28. The minimum atomic E-state index is 0.0490. The van der Waals surface area contributed by atoms with E-state index in [1.54, 1.807) is 7.11 Å².